The average Bonchev–Trinajstić information content (AvgIpc) is 2.45. The van der Waals surface area contributed by atoms with E-state index in [4.69, 9.17) is 14.6 Å². The second-order valence-corrected chi connectivity index (χ2v) is 4.75. The van der Waals surface area contributed by atoms with Crippen LogP contribution in [0.25, 0.3) is 11.3 Å². The van der Waals surface area contributed by atoms with E-state index in [1.54, 1.807) is 32.4 Å². The molecule has 0 unspecified atom stereocenters. The van der Waals surface area contributed by atoms with Crippen molar-refractivity contribution in [3.05, 3.63) is 40.5 Å². The van der Waals surface area contributed by atoms with Gasteiger partial charge in [-0.2, -0.15) is 0 Å². The zero-order chi connectivity index (χ0) is 14.7. The summed E-state index contributed by atoms with van der Waals surface area (Å²) in [5.74, 6) is 0.211. The number of nitrogens with zero attached hydrogens (tertiary/aromatic N) is 1. The Labute approximate surface area is 124 Å². The first-order valence-electron chi connectivity index (χ1n) is 5.68. The lowest BCUT2D eigenvalue weighted by Gasteiger charge is -2.11. The lowest BCUT2D eigenvalue weighted by molar-refractivity contribution is 0.0696. The number of rotatable bonds is 4. The fourth-order valence-corrected chi connectivity index (χ4v) is 2.21. The maximum absolute atomic E-state index is 11.1. The van der Waals surface area contributed by atoms with E-state index >= 15 is 0 Å². The smallest absolute Gasteiger partial charge is 0.335 e. The number of ether oxygens (including phenoxy) is 2. The summed E-state index contributed by atoms with van der Waals surface area (Å²) in [4.78, 5) is 15.4. The zero-order valence-electron chi connectivity index (χ0n) is 10.9. The van der Waals surface area contributed by atoms with E-state index < -0.39 is 5.97 Å². The molecule has 5 nitrogen and oxygen atoms in total. The number of halogens is 1. The van der Waals surface area contributed by atoms with Crippen molar-refractivity contribution in [2.24, 2.45) is 0 Å². The van der Waals surface area contributed by atoms with Crippen LogP contribution in [-0.4, -0.2) is 30.3 Å². The molecule has 0 radical (unpaired) electrons. The summed E-state index contributed by atoms with van der Waals surface area (Å²) in [5.41, 5.74) is 1.30. The van der Waals surface area contributed by atoms with E-state index in [0.29, 0.717) is 27.4 Å². The maximum atomic E-state index is 11.1. The summed E-state index contributed by atoms with van der Waals surface area (Å²) < 4.78 is 10.9. The Balaban J connectivity index is 2.63. The lowest BCUT2D eigenvalue weighted by atomic mass is 10.1. The molecule has 0 saturated heterocycles. The van der Waals surface area contributed by atoms with E-state index in [-0.39, 0.29) is 5.56 Å². The van der Waals surface area contributed by atoms with Crippen LogP contribution in [-0.2, 0) is 0 Å². The van der Waals surface area contributed by atoms with Gasteiger partial charge in [0.05, 0.1) is 25.5 Å². The maximum Gasteiger partial charge on any atom is 0.335 e. The van der Waals surface area contributed by atoms with Crippen LogP contribution in [0.1, 0.15) is 10.4 Å². The van der Waals surface area contributed by atoms with Crippen LogP contribution in [0.15, 0.2) is 34.9 Å². The molecule has 0 fully saturated rings. The van der Waals surface area contributed by atoms with Crippen LogP contribution >= 0.6 is 15.9 Å². The third-order valence-corrected chi connectivity index (χ3v) is 3.13. The van der Waals surface area contributed by atoms with Crippen LogP contribution in [0.2, 0.25) is 0 Å². The molecular weight excluding hydrogens is 326 g/mol. The number of aromatic carboxylic acids is 1. The topological polar surface area (TPSA) is 68.7 Å². The Kier molecular flexibility index (Phi) is 4.24. The second-order valence-electron chi connectivity index (χ2n) is 3.94. The van der Waals surface area contributed by atoms with E-state index in [9.17, 15) is 4.79 Å². The second kappa shape index (κ2) is 5.92. The molecule has 2 rings (SSSR count). The molecule has 0 atom stereocenters. The quantitative estimate of drug-likeness (QED) is 0.867. The number of carboxylic acids is 1. The van der Waals surface area contributed by atoms with Crippen LogP contribution in [0.3, 0.4) is 0 Å². The number of hydrogen-bond acceptors (Lipinski definition) is 4. The molecule has 6 heteroatoms. The van der Waals surface area contributed by atoms with Crippen molar-refractivity contribution in [1.29, 1.82) is 0 Å². The molecule has 0 aliphatic heterocycles. The van der Waals surface area contributed by atoms with Gasteiger partial charge in [0.15, 0.2) is 0 Å². The number of pyridine rings is 1. The van der Waals surface area contributed by atoms with Gasteiger partial charge in [-0.25, -0.2) is 9.78 Å². The molecule has 1 N–H and O–H groups in total. The van der Waals surface area contributed by atoms with Crippen LogP contribution in [0.5, 0.6) is 11.5 Å². The van der Waals surface area contributed by atoms with Crippen molar-refractivity contribution >= 4 is 21.9 Å². The molecule has 1 aromatic heterocycles. The highest BCUT2D eigenvalue weighted by atomic mass is 79.9. The minimum absolute atomic E-state index is 0.145. The average molecular weight is 338 g/mol. The Morgan fingerprint density at radius 3 is 2.55 bits per heavy atom. The normalized spacial score (nSPS) is 10.2. The summed E-state index contributed by atoms with van der Waals surface area (Å²) in [6.07, 6.45) is 0. The van der Waals surface area contributed by atoms with Crippen molar-refractivity contribution in [2.45, 2.75) is 0 Å². The molecule has 2 aromatic rings. The summed E-state index contributed by atoms with van der Waals surface area (Å²) in [7, 11) is 3.10. The third-order valence-electron chi connectivity index (χ3n) is 2.72. The molecule has 0 bridgehead atoms. The Morgan fingerprint density at radius 2 is 1.95 bits per heavy atom. The number of benzene rings is 1. The van der Waals surface area contributed by atoms with Crippen molar-refractivity contribution in [3.63, 3.8) is 0 Å². The van der Waals surface area contributed by atoms with Gasteiger partial charge in [0, 0.05) is 5.56 Å². The van der Waals surface area contributed by atoms with Gasteiger partial charge in [-0.1, -0.05) is 0 Å². The SMILES string of the molecule is COc1ccc(OC)c(-c2cc(C(=O)O)cc(Br)n2)c1. The number of hydrogen-bond donors (Lipinski definition) is 1. The van der Waals surface area contributed by atoms with Gasteiger partial charge in [-0.3, -0.25) is 0 Å². The van der Waals surface area contributed by atoms with Crippen molar-refractivity contribution < 1.29 is 19.4 Å². The number of aromatic nitrogens is 1. The largest absolute Gasteiger partial charge is 0.497 e. The monoisotopic (exact) mass is 337 g/mol. The first kappa shape index (κ1) is 14.3. The van der Waals surface area contributed by atoms with Crippen LogP contribution < -0.4 is 9.47 Å². The molecule has 0 amide bonds. The summed E-state index contributed by atoms with van der Waals surface area (Å²) in [6, 6.07) is 8.19. The minimum atomic E-state index is -1.02. The fourth-order valence-electron chi connectivity index (χ4n) is 1.77. The van der Waals surface area contributed by atoms with E-state index in [0.717, 1.165) is 0 Å². The van der Waals surface area contributed by atoms with Gasteiger partial charge in [-0.15, -0.1) is 0 Å². The Hall–Kier alpha value is -2.08. The van der Waals surface area contributed by atoms with E-state index in [1.807, 2.05) is 0 Å². The molecule has 20 heavy (non-hydrogen) atoms. The fraction of sp³-hybridized carbons (Fsp3) is 0.143. The zero-order valence-corrected chi connectivity index (χ0v) is 12.5. The molecule has 1 aromatic carbocycles. The first-order valence-corrected chi connectivity index (χ1v) is 6.47. The summed E-state index contributed by atoms with van der Waals surface area (Å²) >= 11 is 3.21. The highest BCUT2D eigenvalue weighted by molar-refractivity contribution is 9.10. The van der Waals surface area contributed by atoms with Gasteiger partial charge in [-0.05, 0) is 46.3 Å². The molecule has 0 saturated carbocycles. The number of carboxylic acid groups (broad SMARTS) is 1. The van der Waals surface area contributed by atoms with Crippen molar-refractivity contribution in [2.75, 3.05) is 14.2 Å². The first-order chi connectivity index (χ1) is 9.55. The Bertz CT molecular complexity index is 658. The molecule has 0 spiro atoms. The van der Waals surface area contributed by atoms with Gasteiger partial charge < -0.3 is 14.6 Å². The van der Waals surface area contributed by atoms with Crippen LogP contribution in [0, 0.1) is 0 Å². The van der Waals surface area contributed by atoms with Crippen molar-refractivity contribution in [1.82, 2.24) is 4.98 Å². The standard InChI is InChI=1S/C14H12BrNO4/c1-19-9-3-4-12(20-2)10(7-9)11-5-8(14(17)18)6-13(15)16-11/h3-7H,1-2H3,(H,17,18). The van der Waals surface area contributed by atoms with E-state index in [1.165, 1.54) is 12.1 Å². The van der Waals surface area contributed by atoms with Gasteiger partial charge in [0.1, 0.15) is 16.1 Å². The van der Waals surface area contributed by atoms with Gasteiger partial charge in [0.25, 0.3) is 0 Å². The number of carbonyl (C=O) groups is 1. The summed E-state index contributed by atoms with van der Waals surface area (Å²) in [5, 5.41) is 9.10. The highest BCUT2D eigenvalue weighted by Crippen LogP contribution is 2.33. The lowest BCUT2D eigenvalue weighted by Crippen LogP contribution is -1.99. The minimum Gasteiger partial charge on any atom is -0.497 e. The molecule has 0 aliphatic rings. The highest BCUT2D eigenvalue weighted by Gasteiger charge is 2.13. The molecular formula is C14H12BrNO4. The summed E-state index contributed by atoms with van der Waals surface area (Å²) in [6.45, 7) is 0. The number of methoxy groups -OCH3 is 2. The predicted octanol–water partition coefficient (Wildman–Crippen LogP) is 3.23. The molecule has 104 valence electrons. The van der Waals surface area contributed by atoms with Gasteiger partial charge in [0.2, 0.25) is 0 Å². The third kappa shape index (κ3) is 2.91. The predicted molar refractivity (Wildman–Crippen MR) is 77.4 cm³/mol. The van der Waals surface area contributed by atoms with E-state index in [2.05, 4.69) is 20.9 Å². The Morgan fingerprint density at radius 1 is 1.20 bits per heavy atom. The van der Waals surface area contributed by atoms with Gasteiger partial charge >= 0.3 is 5.97 Å². The molecule has 1 heterocycles. The van der Waals surface area contributed by atoms with Crippen molar-refractivity contribution in [3.8, 4) is 22.8 Å². The van der Waals surface area contributed by atoms with Crippen LogP contribution in [0.4, 0.5) is 0 Å². The molecule has 0 aliphatic carbocycles.